The zero-order valence-electron chi connectivity index (χ0n) is 25.1. The van der Waals surface area contributed by atoms with Gasteiger partial charge in [-0.1, -0.05) is 48.9 Å². The molecule has 11 nitrogen and oxygen atoms in total. The third-order valence-electron chi connectivity index (χ3n) is 7.53. The molecule has 0 aliphatic heterocycles. The summed E-state index contributed by atoms with van der Waals surface area (Å²) in [5.74, 6) is -0.810. The van der Waals surface area contributed by atoms with Gasteiger partial charge in [-0.15, -0.1) is 0 Å². The Labute approximate surface area is 263 Å². The first-order valence-corrected chi connectivity index (χ1v) is 16.8. The molecule has 0 heterocycles. The van der Waals surface area contributed by atoms with E-state index in [-0.39, 0.29) is 37.1 Å². The Balaban J connectivity index is 1.36. The number of rotatable bonds is 14. The van der Waals surface area contributed by atoms with Crippen LogP contribution >= 0.6 is 0 Å². The summed E-state index contributed by atoms with van der Waals surface area (Å²) in [5.41, 5.74) is 9.58. The van der Waals surface area contributed by atoms with E-state index in [1.165, 1.54) is 0 Å². The highest BCUT2D eigenvalue weighted by Gasteiger charge is 2.23. The van der Waals surface area contributed by atoms with Gasteiger partial charge in [0.15, 0.2) is 0 Å². The van der Waals surface area contributed by atoms with Crippen molar-refractivity contribution >= 4 is 27.7 Å². The SMILES string of the molecule is Nc1cccc([C@H](O)COC(=O)NCCc2ccc(-c3ccc(C(=O)NS(=O)(=O)CCCO)c(OC4CCCCC4)c3)cc2)c1. The third kappa shape index (κ3) is 10.5. The highest BCUT2D eigenvalue weighted by Crippen LogP contribution is 2.31. The van der Waals surface area contributed by atoms with E-state index in [9.17, 15) is 23.1 Å². The average molecular weight is 640 g/mol. The van der Waals surface area contributed by atoms with E-state index < -0.39 is 28.1 Å². The fourth-order valence-corrected chi connectivity index (χ4v) is 6.10. The van der Waals surface area contributed by atoms with Crippen LogP contribution in [-0.2, 0) is 21.2 Å². The van der Waals surface area contributed by atoms with Crippen molar-refractivity contribution in [2.24, 2.45) is 0 Å². The first-order valence-electron chi connectivity index (χ1n) is 15.1. The zero-order valence-corrected chi connectivity index (χ0v) is 25.9. The van der Waals surface area contributed by atoms with Crippen LogP contribution in [0.2, 0.25) is 0 Å². The first-order chi connectivity index (χ1) is 21.6. The van der Waals surface area contributed by atoms with Crippen LogP contribution in [0.1, 0.15) is 66.1 Å². The molecule has 45 heavy (non-hydrogen) atoms. The Bertz CT molecular complexity index is 1540. The molecule has 1 aliphatic carbocycles. The molecule has 3 aromatic rings. The lowest BCUT2D eigenvalue weighted by molar-refractivity contribution is 0.0682. The number of carbonyl (C=O) groups is 2. The second-order valence-electron chi connectivity index (χ2n) is 11.1. The number of benzene rings is 3. The number of nitrogens with two attached hydrogens (primary N) is 1. The molecular formula is C33H41N3O8S. The van der Waals surface area contributed by atoms with Gasteiger partial charge in [-0.2, -0.15) is 0 Å². The fourth-order valence-electron chi connectivity index (χ4n) is 5.09. The van der Waals surface area contributed by atoms with Crippen LogP contribution < -0.4 is 20.5 Å². The Morgan fingerprint density at radius 1 is 0.978 bits per heavy atom. The predicted molar refractivity (Wildman–Crippen MR) is 171 cm³/mol. The molecule has 12 heteroatoms. The van der Waals surface area contributed by atoms with E-state index in [0.29, 0.717) is 30.0 Å². The molecule has 2 amide bonds. The van der Waals surface area contributed by atoms with Gasteiger partial charge in [0.25, 0.3) is 5.91 Å². The molecule has 6 N–H and O–H groups in total. The third-order valence-corrected chi connectivity index (χ3v) is 8.85. The highest BCUT2D eigenvalue weighted by molar-refractivity contribution is 7.90. The minimum atomic E-state index is -3.91. The summed E-state index contributed by atoms with van der Waals surface area (Å²) in [7, 11) is -3.91. The molecule has 0 bridgehead atoms. The standard InChI is InChI=1S/C33H41N3O8S/c34-27-7-4-6-26(20-27)30(38)22-43-33(40)35-17-16-23-10-12-24(13-11-23)25-14-15-29(32(39)36-45(41,42)19-5-18-37)31(21-25)44-28-8-2-1-3-9-28/h4,6-7,10-15,20-21,28,30,37-38H,1-3,5,8-9,16-19,22,34H2,(H,35,40)(H,36,39)/t30-/m1/s1. The van der Waals surface area contributed by atoms with E-state index in [4.69, 9.17) is 20.3 Å². The lowest BCUT2D eigenvalue weighted by Gasteiger charge is -2.24. The number of sulfonamides is 1. The van der Waals surface area contributed by atoms with Gasteiger partial charge in [-0.05, 0) is 85.0 Å². The van der Waals surface area contributed by atoms with Crippen LogP contribution in [0.3, 0.4) is 0 Å². The number of anilines is 1. The second kappa shape index (κ2) is 16.3. The van der Waals surface area contributed by atoms with E-state index in [1.54, 1.807) is 42.5 Å². The summed E-state index contributed by atoms with van der Waals surface area (Å²) in [4.78, 5) is 25.1. The summed E-state index contributed by atoms with van der Waals surface area (Å²) < 4.78 is 38.1. The smallest absolute Gasteiger partial charge is 0.407 e. The number of aliphatic hydroxyl groups excluding tert-OH is 2. The number of nitrogen functional groups attached to an aromatic ring is 1. The molecular weight excluding hydrogens is 598 g/mol. The molecule has 0 aromatic heterocycles. The van der Waals surface area contributed by atoms with Gasteiger partial charge in [0.1, 0.15) is 18.5 Å². The van der Waals surface area contributed by atoms with Gasteiger partial charge in [0.2, 0.25) is 10.0 Å². The maximum atomic E-state index is 13.0. The number of ether oxygens (including phenoxy) is 2. The summed E-state index contributed by atoms with van der Waals surface area (Å²) in [6.45, 7) is -0.161. The largest absolute Gasteiger partial charge is 0.490 e. The van der Waals surface area contributed by atoms with Crippen molar-refractivity contribution in [1.82, 2.24) is 10.0 Å². The van der Waals surface area contributed by atoms with Gasteiger partial charge < -0.3 is 30.7 Å². The van der Waals surface area contributed by atoms with E-state index in [0.717, 1.165) is 48.8 Å². The Hall–Kier alpha value is -4.13. The first kappa shape index (κ1) is 33.8. The predicted octanol–water partition coefficient (Wildman–Crippen LogP) is 4.09. The van der Waals surface area contributed by atoms with Crippen LogP contribution in [0, 0.1) is 0 Å². The maximum absolute atomic E-state index is 13.0. The van der Waals surface area contributed by atoms with Crippen LogP contribution in [0.4, 0.5) is 10.5 Å². The summed E-state index contributed by atoms with van der Waals surface area (Å²) in [5, 5.41) is 21.9. The van der Waals surface area contributed by atoms with Crippen LogP contribution in [0.5, 0.6) is 5.75 Å². The Morgan fingerprint density at radius 2 is 1.71 bits per heavy atom. The van der Waals surface area contributed by atoms with Gasteiger partial charge in [0, 0.05) is 18.8 Å². The summed E-state index contributed by atoms with van der Waals surface area (Å²) in [6.07, 6.45) is 3.81. The fraction of sp³-hybridized carbons (Fsp3) is 0.394. The number of aliphatic hydroxyl groups is 2. The molecule has 4 rings (SSSR count). The zero-order chi connectivity index (χ0) is 32.2. The van der Waals surface area contributed by atoms with Crippen molar-refractivity contribution in [3.05, 3.63) is 83.4 Å². The molecule has 1 atom stereocenters. The molecule has 1 aliphatic rings. The highest BCUT2D eigenvalue weighted by atomic mass is 32.2. The van der Waals surface area contributed by atoms with Crippen molar-refractivity contribution < 1.29 is 37.7 Å². The normalized spacial score (nSPS) is 14.4. The maximum Gasteiger partial charge on any atom is 0.407 e. The van der Waals surface area contributed by atoms with Gasteiger partial charge >= 0.3 is 6.09 Å². The quantitative estimate of drug-likeness (QED) is 0.163. The minimum absolute atomic E-state index is 0.0261. The Morgan fingerprint density at radius 3 is 2.42 bits per heavy atom. The molecule has 1 fully saturated rings. The number of hydrogen-bond donors (Lipinski definition) is 5. The molecule has 0 radical (unpaired) electrons. The van der Waals surface area contributed by atoms with Crippen LogP contribution in [0.25, 0.3) is 11.1 Å². The average Bonchev–Trinajstić information content (AvgIpc) is 3.03. The monoisotopic (exact) mass is 639 g/mol. The van der Waals surface area contributed by atoms with Crippen LogP contribution in [-0.4, -0.2) is 62.2 Å². The van der Waals surface area contributed by atoms with Crippen molar-refractivity contribution in [3.8, 4) is 16.9 Å². The van der Waals surface area contributed by atoms with Gasteiger partial charge in [-0.25, -0.2) is 17.9 Å². The molecule has 1 saturated carbocycles. The van der Waals surface area contributed by atoms with Gasteiger partial charge in [0.05, 0.1) is 17.4 Å². The topological polar surface area (TPSA) is 177 Å². The summed E-state index contributed by atoms with van der Waals surface area (Å²) in [6, 6.07) is 19.5. The lowest BCUT2D eigenvalue weighted by atomic mass is 9.97. The number of amides is 2. The number of hydrogen-bond acceptors (Lipinski definition) is 9. The van der Waals surface area contributed by atoms with E-state index >= 15 is 0 Å². The molecule has 3 aromatic carbocycles. The van der Waals surface area contributed by atoms with Crippen molar-refractivity contribution in [2.75, 3.05) is 31.2 Å². The molecule has 0 spiro atoms. The summed E-state index contributed by atoms with van der Waals surface area (Å²) >= 11 is 0. The molecule has 242 valence electrons. The molecule has 0 unspecified atom stereocenters. The van der Waals surface area contributed by atoms with Crippen LogP contribution in [0.15, 0.2) is 66.7 Å². The minimum Gasteiger partial charge on any atom is -0.490 e. The number of carbonyl (C=O) groups excluding carboxylic acids is 2. The number of nitrogens with one attached hydrogen (secondary N) is 2. The van der Waals surface area contributed by atoms with Crippen molar-refractivity contribution in [2.45, 2.75) is 57.2 Å². The van der Waals surface area contributed by atoms with E-state index in [1.807, 2.05) is 24.3 Å². The lowest BCUT2D eigenvalue weighted by Crippen LogP contribution is -2.33. The van der Waals surface area contributed by atoms with Gasteiger partial charge in [-0.3, -0.25) is 4.79 Å². The Kier molecular flexibility index (Phi) is 12.2. The van der Waals surface area contributed by atoms with Crippen molar-refractivity contribution in [1.29, 1.82) is 0 Å². The number of alkyl carbamates (subject to hydrolysis) is 1. The second-order valence-corrected chi connectivity index (χ2v) is 12.9. The van der Waals surface area contributed by atoms with E-state index in [2.05, 4.69) is 10.0 Å². The van der Waals surface area contributed by atoms with Crippen molar-refractivity contribution in [3.63, 3.8) is 0 Å². The molecule has 0 saturated heterocycles.